The second-order valence-electron chi connectivity index (χ2n) is 0.850. The fourth-order valence-electron chi connectivity index (χ4n) is 0.118. The molecule has 0 aromatic rings. The first kappa shape index (κ1) is 10.8. The molecule has 3 heteroatoms. The molecular weight excluding hydrogens is 128 g/mol. The third-order valence-electron chi connectivity index (χ3n) is 0.236. The van der Waals surface area contributed by atoms with Gasteiger partial charge in [-0.3, -0.25) is 0 Å². The minimum Gasteiger partial charge on any atom is -0.359 e. The van der Waals surface area contributed by atoms with Crippen LogP contribution in [-0.4, -0.2) is 21.0 Å². The summed E-state index contributed by atoms with van der Waals surface area (Å²) in [6.45, 7) is 3.52. The van der Waals surface area contributed by atoms with Crippen LogP contribution in [0.3, 0.4) is 0 Å². The Morgan fingerprint density at radius 3 is 1.75 bits per heavy atom. The highest BCUT2D eigenvalue weighted by atomic mass is 35.5. The zero-order chi connectivity index (χ0) is 6.83. The summed E-state index contributed by atoms with van der Waals surface area (Å²) in [4.78, 5) is 0. The molecule has 2 nitrogen and oxygen atoms in total. The molecule has 0 aromatic heterocycles. The van der Waals surface area contributed by atoms with Gasteiger partial charge in [-0.05, 0) is 5.54 Å². The van der Waals surface area contributed by atoms with Gasteiger partial charge in [0.2, 0.25) is 0 Å². The average molecular weight is 139 g/mol. The van der Waals surface area contributed by atoms with Crippen molar-refractivity contribution in [3.63, 3.8) is 0 Å². The van der Waals surface area contributed by atoms with E-state index in [0.717, 1.165) is 0 Å². The molecule has 0 N–H and O–H groups in total. The Bertz CT molecular complexity index is 37.4. The van der Waals surface area contributed by atoms with Crippen molar-refractivity contribution in [3.8, 4) is 0 Å². The van der Waals surface area contributed by atoms with Gasteiger partial charge >= 0.3 is 0 Å². The van der Waals surface area contributed by atoms with Crippen LogP contribution < -0.4 is 0 Å². The van der Waals surface area contributed by atoms with E-state index in [1.165, 1.54) is 5.54 Å². The van der Waals surface area contributed by atoms with Crippen LogP contribution in [0.1, 0.15) is 0 Å². The summed E-state index contributed by atoms with van der Waals surface area (Å²) in [5.74, 6) is 0. The number of halogens is 1. The molecule has 0 spiro atoms. The maximum Gasteiger partial charge on any atom is 0.145 e. The van der Waals surface area contributed by atoms with Crippen molar-refractivity contribution in [3.05, 3.63) is 12.1 Å². The SMILES string of the molecule is C=CCl.COCOC. The summed E-state index contributed by atoms with van der Waals surface area (Å²) in [6.07, 6.45) is 0. The smallest absolute Gasteiger partial charge is 0.145 e. The molecule has 0 bridgehead atoms. The van der Waals surface area contributed by atoms with E-state index in [1.807, 2.05) is 0 Å². The van der Waals surface area contributed by atoms with Gasteiger partial charge in [0.25, 0.3) is 0 Å². The van der Waals surface area contributed by atoms with E-state index >= 15 is 0 Å². The minimum atomic E-state index is 0.389. The van der Waals surface area contributed by atoms with Gasteiger partial charge in [-0.2, -0.15) is 0 Å². The standard InChI is InChI=1S/C3H8O2.C2H3Cl/c1-4-3-5-2;1-2-3/h3H2,1-2H3;2H,1H2. The first-order valence-corrected chi connectivity index (χ1v) is 2.46. The molecule has 0 aliphatic rings. The van der Waals surface area contributed by atoms with Crippen LogP contribution in [0.4, 0.5) is 0 Å². The van der Waals surface area contributed by atoms with Gasteiger partial charge in [0.1, 0.15) is 6.79 Å². The van der Waals surface area contributed by atoms with Crippen LogP contribution in [-0.2, 0) is 9.47 Å². The summed E-state index contributed by atoms with van der Waals surface area (Å²) < 4.78 is 8.94. The van der Waals surface area contributed by atoms with Gasteiger partial charge < -0.3 is 9.47 Å². The Hall–Kier alpha value is -0.0500. The topological polar surface area (TPSA) is 18.5 Å². The molecule has 0 radical (unpaired) electrons. The molecule has 0 saturated carbocycles. The molecule has 8 heavy (non-hydrogen) atoms. The molecule has 0 aliphatic heterocycles. The fourth-order valence-corrected chi connectivity index (χ4v) is 0.118. The van der Waals surface area contributed by atoms with Crippen molar-refractivity contribution >= 4 is 11.6 Å². The van der Waals surface area contributed by atoms with Crippen molar-refractivity contribution in [2.45, 2.75) is 0 Å². The van der Waals surface area contributed by atoms with Gasteiger partial charge in [-0.15, -0.1) is 0 Å². The molecule has 0 atom stereocenters. The highest BCUT2D eigenvalue weighted by molar-refractivity contribution is 6.25. The van der Waals surface area contributed by atoms with Crippen LogP contribution in [0, 0.1) is 0 Å². The number of rotatable bonds is 2. The zero-order valence-corrected chi connectivity index (χ0v) is 5.94. The number of ether oxygens (including phenoxy) is 2. The van der Waals surface area contributed by atoms with Crippen LogP contribution in [0.2, 0.25) is 0 Å². The molecule has 0 fully saturated rings. The van der Waals surface area contributed by atoms with Crippen molar-refractivity contribution in [2.75, 3.05) is 21.0 Å². The molecule has 0 heterocycles. The molecule has 0 amide bonds. The molecule has 0 unspecified atom stereocenters. The Labute approximate surface area is 55.0 Å². The van der Waals surface area contributed by atoms with E-state index in [1.54, 1.807) is 14.2 Å². The van der Waals surface area contributed by atoms with E-state index in [9.17, 15) is 0 Å². The Morgan fingerprint density at radius 1 is 1.50 bits per heavy atom. The first-order chi connectivity index (χ1) is 3.83. The highest BCUT2D eigenvalue weighted by Crippen LogP contribution is 1.60. The highest BCUT2D eigenvalue weighted by Gasteiger charge is 1.63. The molecule has 0 aliphatic carbocycles. The van der Waals surface area contributed by atoms with Crippen molar-refractivity contribution in [2.24, 2.45) is 0 Å². The van der Waals surface area contributed by atoms with Crippen molar-refractivity contribution in [1.82, 2.24) is 0 Å². The Kier molecular flexibility index (Phi) is 21.4. The van der Waals surface area contributed by atoms with E-state index < -0.39 is 0 Å². The predicted octanol–water partition coefficient (Wildman–Crippen LogP) is 1.61. The third kappa shape index (κ3) is 38.3. The lowest BCUT2D eigenvalue weighted by molar-refractivity contribution is -0.00271. The Morgan fingerprint density at radius 2 is 1.75 bits per heavy atom. The molecule has 0 saturated heterocycles. The average Bonchev–Trinajstić information content (AvgIpc) is 1.71. The third-order valence-corrected chi connectivity index (χ3v) is 0.236. The maximum absolute atomic E-state index is 4.76. The monoisotopic (exact) mass is 138 g/mol. The summed E-state index contributed by atoms with van der Waals surface area (Å²) >= 11 is 4.76. The van der Waals surface area contributed by atoms with Crippen LogP contribution in [0.15, 0.2) is 12.1 Å². The number of hydrogen-bond acceptors (Lipinski definition) is 2. The van der Waals surface area contributed by atoms with Gasteiger partial charge in [0.15, 0.2) is 0 Å². The zero-order valence-electron chi connectivity index (χ0n) is 5.19. The second kappa shape index (κ2) is 15.8. The van der Waals surface area contributed by atoms with Gasteiger partial charge in [0.05, 0.1) is 0 Å². The first-order valence-electron chi connectivity index (χ1n) is 2.02. The second-order valence-corrected chi connectivity index (χ2v) is 1.16. The van der Waals surface area contributed by atoms with Crippen LogP contribution >= 0.6 is 11.6 Å². The molecular formula is C5H11ClO2. The fraction of sp³-hybridized carbons (Fsp3) is 0.600. The Balaban J connectivity index is 0. The predicted molar refractivity (Wildman–Crippen MR) is 34.9 cm³/mol. The van der Waals surface area contributed by atoms with Crippen LogP contribution in [0.25, 0.3) is 0 Å². The van der Waals surface area contributed by atoms with Gasteiger partial charge in [-0.1, -0.05) is 18.2 Å². The van der Waals surface area contributed by atoms with E-state index in [-0.39, 0.29) is 0 Å². The van der Waals surface area contributed by atoms with Crippen LogP contribution in [0.5, 0.6) is 0 Å². The van der Waals surface area contributed by atoms with E-state index in [0.29, 0.717) is 6.79 Å². The normalized spacial score (nSPS) is 6.88. The lowest BCUT2D eigenvalue weighted by Gasteiger charge is -1.87. The van der Waals surface area contributed by atoms with Gasteiger partial charge in [0, 0.05) is 14.2 Å². The number of methoxy groups -OCH3 is 2. The summed E-state index contributed by atoms with van der Waals surface area (Å²) in [5.41, 5.74) is 1.22. The summed E-state index contributed by atoms with van der Waals surface area (Å²) in [6, 6.07) is 0. The molecule has 0 rings (SSSR count). The maximum atomic E-state index is 4.76. The quantitative estimate of drug-likeness (QED) is 0.540. The molecule has 50 valence electrons. The van der Waals surface area contributed by atoms with Gasteiger partial charge in [-0.25, -0.2) is 0 Å². The minimum absolute atomic E-state index is 0.389. The van der Waals surface area contributed by atoms with E-state index in [4.69, 9.17) is 11.6 Å². The lowest BCUT2D eigenvalue weighted by atomic mass is 11.3. The molecule has 0 aromatic carbocycles. The van der Waals surface area contributed by atoms with Crippen molar-refractivity contribution < 1.29 is 9.47 Å². The van der Waals surface area contributed by atoms with Crippen molar-refractivity contribution in [1.29, 1.82) is 0 Å². The summed E-state index contributed by atoms with van der Waals surface area (Å²) in [7, 11) is 3.17. The number of hydrogen-bond donors (Lipinski definition) is 0. The lowest BCUT2D eigenvalue weighted by Crippen LogP contribution is -1.87. The van der Waals surface area contributed by atoms with E-state index in [2.05, 4.69) is 16.1 Å². The summed E-state index contributed by atoms with van der Waals surface area (Å²) in [5, 5.41) is 0. The largest absolute Gasteiger partial charge is 0.359 e.